The molecule has 152 valence electrons. The molecule has 0 bridgehead atoms. The van der Waals surface area contributed by atoms with E-state index in [1.54, 1.807) is 0 Å². The van der Waals surface area contributed by atoms with Crippen molar-refractivity contribution in [1.82, 2.24) is 0 Å². The number of unbranched alkanes of at least 4 members (excludes halogenated alkanes) is 2. The summed E-state index contributed by atoms with van der Waals surface area (Å²) in [4.78, 5) is 0. The molecule has 0 aromatic carbocycles. The second kappa shape index (κ2) is 14.1. The molecule has 0 aliphatic heterocycles. The van der Waals surface area contributed by atoms with Crippen molar-refractivity contribution in [3.05, 3.63) is 0 Å². The largest absolute Gasteiger partial charge is 0.390 e. The third-order valence-electron chi connectivity index (χ3n) is 5.78. The van der Waals surface area contributed by atoms with Crippen LogP contribution >= 0.6 is 0 Å². The molecule has 1 heteroatoms. The molecule has 1 nitrogen and oxygen atoms in total. The van der Waals surface area contributed by atoms with Crippen LogP contribution in [-0.2, 0) is 0 Å². The van der Waals surface area contributed by atoms with E-state index in [-0.39, 0.29) is 0 Å². The first-order valence-electron chi connectivity index (χ1n) is 11.4. The Morgan fingerprint density at radius 3 is 1.84 bits per heavy atom. The van der Waals surface area contributed by atoms with Gasteiger partial charge in [0.2, 0.25) is 0 Å². The van der Waals surface area contributed by atoms with E-state index in [1.807, 2.05) is 6.92 Å². The Kier molecular flexibility index (Phi) is 14.0. The molecule has 0 amide bonds. The summed E-state index contributed by atoms with van der Waals surface area (Å²) in [5, 5.41) is 10.6. The van der Waals surface area contributed by atoms with Crippen LogP contribution in [-0.4, -0.2) is 10.7 Å². The van der Waals surface area contributed by atoms with Crippen LogP contribution < -0.4 is 0 Å². The van der Waals surface area contributed by atoms with Gasteiger partial charge in [0.1, 0.15) is 0 Å². The van der Waals surface area contributed by atoms with Gasteiger partial charge >= 0.3 is 0 Å². The van der Waals surface area contributed by atoms with Gasteiger partial charge in [-0.05, 0) is 49.9 Å². The molecule has 0 heterocycles. The highest BCUT2D eigenvalue weighted by Crippen LogP contribution is 2.28. The summed E-state index contributed by atoms with van der Waals surface area (Å²) in [5.74, 6) is 3.18. The van der Waals surface area contributed by atoms with Crippen LogP contribution in [0.4, 0.5) is 0 Å². The van der Waals surface area contributed by atoms with Crippen molar-refractivity contribution >= 4 is 0 Å². The van der Waals surface area contributed by atoms with Gasteiger partial charge in [0.15, 0.2) is 0 Å². The maximum atomic E-state index is 10.6. The average Bonchev–Trinajstić information content (AvgIpc) is 2.45. The monoisotopic (exact) mass is 354 g/mol. The van der Waals surface area contributed by atoms with Crippen molar-refractivity contribution in [2.75, 3.05) is 0 Å². The van der Waals surface area contributed by atoms with Crippen LogP contribution in [0.1, 0.15) is 126 Å². The summed E-state index contributed by atoms with van der Waals surface area (Å²) in [6, 6.07) is 0. The van der Waals surface area contributed by atoms with E-state index < -0.39 is 5.60 Å². The van der Waals surface area contributed by atoms with Crippen LogP contribution in [0.15, 0.2) is 0 Å². The Morgan fingerprint density at radius 1 is 0.720 bits per heavy atom. The maximum absolute atomic E-state index is 10.6. The van der Waals surface area contributed by atoms with Gasteiger partial charge in [0.05, 0.1) is 5.60 Å². The van der Waals surface area contributed by atoms with Crippen molar-refractivity contribution in [3.8, 4) is 0 Å². The predicted molar refractivity (Wildman–Crippen MR) is 114 cm³/mol. The highest BCUT2D eigenvalue weighted by Gasteiger charge is 2.23. The molecule has 4 atom stereocenters. The van der Waals surface area contributed by atoms with Gasteiger partial charge in [-0.1, -0.05) is 99.3 Å². The van der Waals surface area contributed by atoms with Crippen molar-refractivity contribution in [2.45, 2.75) is 131 Å². The van der Waals surface area contributed by atoms with Crippen molar-refractivity contribution in [2.24, 2.45) is 23.7 Å². The van der Waals surface area contributed by atoms with E-state index in [9.17, 15) is 5.11 Å². The minimum absolute atomic E-state index is 0.459. The highest BCUT2D eigenvalue weighted by molar-refractivity contribution is 4.76. The highest BCUT2D eigenvalue weighted by atomic mass is 16.3. The van der Waals surface area contributed by atoms with E-state index in [2.05, 4.69) is 41.5 Å². The fraction of sp³-hybridized carbons (Fsp3) is 1.00. The molecule has 0 saturated carbocycles. The van der Waals surface area contributed by atoms with Crippen molar-refractivity contribution in [1.29, 1.82) is 0 Å². The smallest absolute Gasteiger partial charge is 0.0622 e. The zero-order valence-electron chi connectivity index (χ0n) is 18.7. The second-order valence-corrected chi connectivity index (χ2v) is 9.97. The van der Waals surface area contributed by atoms with Crippen LogP contribution in [0.5, 0.6) is 0 Å². The summed E-state index contributed by atoms with van der Waals surface area (Å²) in [7, 11) is 0. The quantitative estimate of drug-likeness (QED) is 0.278. The number of hydrogen-bond acceptors (Lipinski definition) is 1. The summed E-state index contributed by atoms with van der Waals surface area (Å²) in [6.45, 7) is 16.1. The first kappa shape index (κ1) is 25.0. The van der Waals surface area contributed by atoms with Gasteiger partial charge < -0.3 is 5.11 Å². The minimum atomic E-state index is -0.459. The Labute approximate surface area is 160 Å². The summed E-state index contributed by atoms with van der Waals surface area (Å²) < 4.78 is 0. The Balaban J connectivity index is 3.84. The Bertz CT molecular complexity index is 294. The van der Waals surface area contributed by atoms with Crippen LogP contribution in [0.25, 0.3) is 0 Å². The zero-order valence-corrected chi connectivity index (χ0v) is 18.7. The normalized spacial score (nSPS) is 18.1. The second-order valence-electron chi connectivity index (χ2n) is 9.97. The van der Waals surface area contributed by atoms with Crippen molar-refractivity contribution < 1.29 is 5.11 Å². The summed E-state index contributed by atoms with van der Waals surface area (Å²) >= 11 is 0. The molecule has 0 aromatic heterocycles. The molecule has 25 heavy (non-hydrogen) atoms. The van der Waals surface area contributed by atoms with E-state index >= 15 is 0 Å². The van der Waals surface area contributed by atoms with E-state index in [0.717, 1.165) is 30.6 Å². The molecule has 0 saturated heterocycles. The lowest BCUT2D eigenvalue weighted by molar-refractivity contribution is 0.0222. The number of rotatable bonds is 16. The van der Waals surface area contributed by atoms with E-state index in [0.29, 0.717) is 5.92 Å². The van der Waals surface area contributed by atoms with Gasteiger partial charge in [-0.3, -0.25) is 0 Å². The molecule has 1 N–H and O–H groups in total. The molecule has 0 aromatic rings. The summed E-state index contributed by atoms with van der Waals surface area (Å²) in [5.41, 5.74) is -0.459. The van der Waals surface area contributed by atoms with Crippen molar-refractivity contribution in [3.63, 3.8) is 0 Å². The fourth-order valence-electron chi connectivity index (χ4n) is 4.33. The van der Waals surface area contributed by atoms with Crippen LogP contribution in [0.3, 0.4) is 0 Å². The first-order valence-corrected chi connectivity index (χ1v) is 11.4. The van der Waals surface area contributed by atoms with Gasteiger partial charge in [0, 0.05) is 0 Å². The van der Waals surface area contributed by atoms with Gasteiger partial charge in [-0.15, -0.1) is 0 Å². The maximum Gasteiger partial charge on any atom is 0.0622 e. The van der Waals surface area contributed by atoms with Gasteiger partial charge in [-0.2, -0.15) is 0 Å². The molecule has 0 aliphatic carbocycles. The summed E-state index contributed by atoms with van der Waals surface area (Å²) in [6.07, 6.45) is 15.2. The molecule has 1 unspecified atom stereocenters. The molecule has 0 radical (unpaired) electrons. The predicted octanol–water partition coefficient (Wildman–Crippen LogP) is 8.00. The number of hydrogen-bond donors (Lipinski definition) is 1. The minimum Gasteiger partial charge on any atom is -0.390 e. The standard InChI is InChI=1S/C24H50O/c1-8-9-10-17-24(7,25)19-23(6)18-22(5)16-12-15-21(4)14-11-13-20(2)3/h20-23,25H,8-19H2,1-7H3/t21?,22-,23-,24-/m1/s1. The van der Waals surface area contributed by atoms with Gasteiger partial charge in [0.25, 0.3) is 0 Å². The fourth-order valence-corrected chi connectivity index (χ4v) is 4.33. The molecular formula is C24H50O. The topological polar surface area (TPSA) is 20.2 Å². The van der Waals surface area contributed by atoms with Crippen LogP contribution in [0.2, 0.25) is 0 Å². The lowest BCUT2D eigenvalue weighted by atomic mass is 9.83. The average molecular weight is 355 g/mol. The lowest BCUT2D eigenvalue weighted by Gasteiger charge is -2.28. The number of aliphatic hydroxyl groups is 1. The van der Waals surface area contributed by atoms with E-state index in [4.69, 9.17) is 0 Å². The molecule has 0 spiro atoms. The molecule has 0 rings (SSSR count). The molecule has 0 fully saturated rings. The third kappa shape index (κ3) is 15.9. The zero-order chi connectivity index (χ0) is 19.3. The SMILES string of the molecule is CCCCC[C@@](C)(O)C[C@H](C)C[C@H](C)CCCC(C)CCCC(C)C. The Hall–Kier alpha value is -0.0400. The molecular weight excluding hydrogens is 304 g/mol. The lowest BCUT2D eigenvalue weighted by Crippen LogP contribution is -2.27. The van der Waals surface area contributed by atoms with Crippen LogP contribution in [0, 0.1) is 23.7 Å². The first-order chi connectivity index (χ1) is 11.7. The van der Waals surface area contributed by atoms with E-state index in [1.165, 1.54) is 64.2 Å². The van der Waals surface area contributed by atoms with Gasteiger partial charge in [-0.25, -0.2) is 0 Å². The molecule has 0 aliphatic rings. The Morgan fingerprint density at radius 2 is 1.28 bits per heavy atom. The third-order valence-corrected chi connectivity index (χ3v) is 5.78.